The Morgan fingerprint density at radius 2 is 1.88 bits per heavy atom. The number of likely N-dealkylation sites (N-methyl/N-ethyl adjacent to an activating group) is 1. The van der Waals surface area contributed by atoms with Gasteiger partial charge in [0.05, 0.1) is 0 Å². The molecule has 2 aromatic carbocycles. The Morgan fingerprint density at radius 3 is 2.54 bits per heavy atom. The average Bonchev–Trinajstić information content (AvgIpc) is 3.17. The van der Waals surface area contributed by atoms with Gasteiger partial charge in [-0.25, -0.2) is 0 Å². The minimum atomic E-state index is -0.546. The largest absolute Gasteiger partial charge is 0.366 e. The SMILES string of the molecule is CN(Cc1cccc(C(N)=O)c1)C(=O)[C@H](c1ccccc1)n1cccn1. The molecule has 132 valence electrons. The third-order valence-electron chi connectivity index (χ3n) is 4.15. The number of hydrogen-bond acceptors (Lipinski definition) is 3. The first-order chi connectivity index (χ1) is 12.6. The molecule has 6 nitrogen and oxygen atoms in total. The van der Waals surface area contributed by atoms with E-state index in [1.54, 1.807) is 53.3 Å². The van der Waals surface area contributed by atoms with E-state index in [9.17, 15) is 9.59 Å². The molecular formula is C20H20N4O2. The van der Waals surface area contributed by atoms with Crippen LogP contribution in [0.4, 0.5) is 0 Å². The fourth-order valence-electron chi connectivity index (χ4n) is 2.86. The third kappa shape index (κ3) is 3.80. The van der Waals surface area contributed by atoms with E-state index < -0.39 is 11.9 Å². The van der Waals surface area contributed by atoms with Gasteiger partial charge in [-0.2, -0.15) is 5.10 Å². The summed E-state index contributed by atoms with van der Waals surface area (Å²) < 4.78 is 1.65. The lowest BCUT2D eigenvalue weighted by Gasteiger charge is -2.24. The predicted octanol–water partition coefficient (Wildman–Crippen LogP) is 2.23. The molecule has 0 radical (unpaired) electrons. The summed E-state index contributed by atoms with van der Waals surface area (Å²) in [5.41, 5.74) is 7.45. The third-order valence-corrected chi connectivity index (χ3v) is 4.15. The maximum absolute atomic E-state index is 13.1. The van der Waals surface area contributed by atoms with Gasteiger partial charge < -0.3 is 10.6 Å². The molecule has 0 saturated carbocycles. The number of hydrogen-bond donors (Lipinski definition) is 1. The van der Waals surface area contributed by atoms with Crippen LogP contribution in [-0.2, 0) is 11.3 Å². The van der Waals surface area contributed by atoms with Gasteiger partial charge in [0.15, 0.2) is 6.04 Å². The summed E-state index contributed by atoms with van der Waals surface area (Å²) >= 11 is 0. The van der Waals surface area contributed by atoms with Crippen molar-refractivity contribution in [1.29, 1.82) is 0 Å². The van der Waals surface area contributed by atoms with Crippen molar-refractivity contribution < 1.29 is 9.59 Å². The molecular weight excluding hydrogens is 328 g/mol. The fourth-order valence-corrected chi connectivity index (χ4v) is 2.86. The Balaban J connectivity index is 1.85. The number of carbonyl (C=O) groups is 2. The van der Waals surface area contributed by atoms with Gasteiger partial charge >= 0.3 is 0 Å². The first kappa shape index (κ1) is 17.4. The number of rotatable bonds is 6. The maximum Gasteiger partial charge on any atom is 0.252 e. The maximum atomic E-state index is 13.1. The molecule has 0 aliphatic carbocycles. The number of benzene rings is 2. The zero-order valence-corrected chi connectivity index (χ0v) is 14.4. The summed E-state index contributed by atoms with van der Waals surface area (Å²) in [5, 5.41) is 4.25. The molecule has 0 unspecified atom stereocenters. The Bertz CT molecular complexity index is 891. The molecule has 0 aliphatic heterocycles. The second kappa shape index (κ2) is 7.65. The van der Waals surface area contributed by atoms with Crippen LogP contribution in [0.2, 0.25) is 0 Å². The minimum Gasteiger partial charge on any atom is -0.366 e. The van der Waals surface area contributed by atoms with Crippen LogP contribution in [-0.4, -0.2) is 33.5 Å². The molecule has 0 bridgehead atoms. The van der Waals surface area contributed by atoms with Gasteiger partial charge in [-0.05, 0) is 29.3 Å². The van der Waals surface area contributed by atoms with Crippen molar-refractivity contribution in [3.63, 3.8) is 0 Å². The van der Waals surface area contributed by atoms with E-state index in [-0.39, 0.29) is 5.91 Å². The summed E-state index contributed by atoms with van der Waals surface area (Å²) in [6.07, 6.45) is 3.43. The van der Waals surface area contributed by atoms with E-state index in [4.69, 9.17) is 5.73 Å². The quantitative estimate of drug-likeness (QED) is 0.742. The molecule has 1 aromatic heterocycles. The van der Waals surface area contributed by atoms with E-state index in [1.807, 2.05) is 36.4 Å². The Morgan fingerprint density at radius 1 is 1.12 bits per heavy atom. The van der Waals surface area contributed by atoms with Crippen LogP contribution in [0.5, 0.6) is 0 Å². The number of carbonyl (C=O) groups excluding carboxylic acids is 2. The zero-order chi connectivity index (χ0) is 18.5. The van der Waals surface area contributed by atoms with Crippen LogP contribution >= 0.6 is 0 Å². The molecule has 0 saturated heterocycles. The first-order valence-corrected chi connectivity index (χ1v) is 8.24. The number of nitrogens with two attached hydrogens (primary N) is 1. The van der Waals surface area contributed by atoms with E-state index in [0.717, 1.165) is 11.1 Å². The van der Waals surface area contributed by atoms with Crippen molar-refractivity contribution in [1.82, 2.24) is 14.7 Å². The zero-order valence-electron chi connectivity index (χ0n) is 14.4. The summed E-state index contributed by atoms with van der Waals surface area (Å²) in [7, 11) is 1.73. The van der Waals surface area contributed by atoms with E-state index in [1.165, 1.54) is 0 Å². The summed E-state index contributed by atoms with van der Waals surface area (Å²) in [5.74, 6) is -0.580. The molecule has 1 heterocycles. The Kier molecular flexibility index (Phi) is 5.12. The van der Waals surface area contributed by atoms with Crippen molar-refractivity contribution in [3.8, 4) is 0 Å². The van der Waals surface area contributed by atoms with Crippen LogP contribution in [0.15, 0.2) is 73.1 Å². The summed E-state index contributed by atoms with van der Waals surface area (Å²) in [6.45, 7) is 0.366. The molecule has 6 heteroatoms. The lowest BCUT2D eigenvalue weighted by Crippen LogP contribution is -2.35. The van der Waals surface area contributed by atoms with Crippen molar-refractivity contribution in [2.75, 3.05) is 7.05 Å². The van der Waals surface area contributed by atoms with Gasteiger partial charge in [-0.1, -0.05) is 42.5 Å². The molecule has 0 spiro atoms. The molecule has 1 atom stereocenters. The van der Waals surface area contributed by atoms with Gasteiger partial charge in [0, 0.05) is 31.5 Å². The van der Waals surface area contributed by atoms with Gasteiger partial charge in [-0.3, -0.25) is 14.3 Å². The molecule has 2 N–H and O–H groups in total. The second-order valence-corrected chi connectivity index (χ2v) is 6.06. The van der Waals surface area contributed by atoms with E-state index >= 15 is 0 Å². The monoisotopic (exact) mass is 348 g/mol. The number of primary amides is 1. The van der Waals surface area contributed by atoms with Gasteiger partial charge in [0.2, 0.25) is 5.91 Å². The molecule has 3 rings (SSSR count). The van der Waals surface area contributed by atoms with Crippen LogP contribution < -0.4 is 5.73 Å². The lowest BCUT2D eigenvalue weighted by atomic mass is 10.1. The van der Waals surface area contributed by atoms with Gasteiger partial charge in [0.1, 0.15) is 0 Å². The number of aromatic nitrogens is 2. The van der Waals surface area contributed by atoms with E-state index in [0.29, 0.717) is 12.1 Å². The highest BCUT2D eigenvalue weighted by Gasteiger charge is 2.26. The normalized spacial score (nSPS) is 11.7. The topological polar surface area (TPSA) is 81.2 Å². The van der Waals surface area contributed by atoms with Crippen molar-refractivity contribution >= 4 is 11.8 Å². The molecule has 0 fully saturated rings. The smallest absolute Gasteiger partial charge is 0.252 e. The highest BCUT2D eigenvalue weighted by atomic mass is 16.2. The summed E-state index contributed by atoms with van der Waals surface area (Å²) in [4.78, 5) is 26.1. The van der Waals surface area contributed by atoms with Crippen molar-refractivity contribution in [2.45, 2.75) is 12.6 Å². The lowest BCUT2D eigenvalue weighted by molar-refractivity contribution is -0.133. The number of amides is 2. The Hall–Kier alpha value is -3.41. The molecule has 26 heavy (non-hydrogen) atoms. The highest BCUT2D eigenvalue weighted by Crippen LogP contribution is 2.21. The Labute approximate surface area is 151 Å². The van der Waals surface area contributed by atoms with Gasteiger partial charge in [-0.15, -0.1) is 0 Å². The standard InChI is InChI=1S/C20H20N4O2/c1-23(14-15-7-5-10-17(13-15)19(21)25)20(26)18(24-12-6-11-22-24)16-8-3-2-4-9-16/h2-13,18H,14H2,1H3,(H2,21,25)/t18-/m0/s1. The summed E-state index contributed by atoms with van der Waals surface area (Å²) in [6, 6.07) is 17.8. The van der Waals surface area contributed by atoms with Crippen molar-refractivity contribution in [3.05, 3.63) is 89.7 Å². The molecule has 2 amide bonds. The minimum absolute atomic E-state index is 0.0932. The van der Waals surface area contributed by atoms with Crippen LogP contribution in [0, 0.1) is 0 Å². The van der Waals surface area contributed by atoms with Crippen LogP contribution in [0.3, 0.4) is 0 Å². The van der Waals surface area contributed by atoms with Crippen LogP contribution in [0.25, 0.3) is 0 Å². The van der Waals surface area contributed by atoms with Crippen molar-refractivity contribution in [2.24, 2.45) is 5.73 Å². The fraction of sp³-hybridized carbons (Fsp3) is 0.150. The second-order valence-electron chi connectivity index (χ2n) is 6.06. The molecule has 0 aliphatic rings. The predicted molar refractivity (Wildman–Crippen MR) is 98.2 cm³/mol. The highest BCUT2D eigenvalue weighted by molar-refractivity contribution is 5.93. The number of nitrogens with zero attached hydrogens (tertiary/aromatic N) is 3. The first-order valence-electron chi connectivity index (χ1n) is 8.24. The average molecular weight is 348 g/mol. The van der Waals surface area contributed by atoms with Crippen LogP contribution in [0.1, 0.15) is 27.5 Å². The van der Waals surface area contributed by atoms with E-state index in [2.05, 4.69) is 5.10 Å². The van der Waals surface area contributed by atoms with Gasteiger partial charge in [0.25, 0.3) is 5.91 Å². The molecule has 3 aromatic rings.